The van der Waals surface area contributed by atoms with Gasteiger partial charge in [0.25, 0.3) is 0 Å². The van der Waals surface area contributed by atoms with Crippen LogP contribution >= 0.6 is 0 Å². The Morgan fingerprint density at radius 3 is 2.46 bits per heavy atom. The first-order valence-corrected chi connectivity index (χ1v) is 12.9. The number of hydrogen-bond donors (Lipinski definition) is 1. The van der Waals surface area contributed by atoms with Crippen molar-refractivity contribution >= 4 is 5.97 Å². The van der Waals surface area contributed by atoms with Crippen LogP contribution in [-0.4, -0.2) is 36.2 Å². The SMILES string of the molecule is O=C(O[C@@H]1C[C@@H]2O[C@@H](O)C[C@@H]2[C@H]1/C=C/CCOc1cccc(C(F)(F)F)c1)c1ccc(-c2ccccc2)cc1. The Kier molecular flexibility index (Phi) is 8.04. The molecule has 1 aliphatic heterocycles. The van der Waals surface area contributed by atoms with Gasteiger partial charge in [0.1, 0.15) is 11.9 Å². The second-order valence-electron chi connectivity index (χ2n) is 9.82. The average molecular weight is 539 g/mol. The van der Waals surface area contributed by atoms with Crippen LogP contribution in [0.1, 0.15) is 35.2 Å². The number of esters is 1. The number of aliphatic hydroxyl groups is 1. The summed E-state index contributed by atoms with van der Waals surface area (Å²) in [6.45, 7) is 0.190. The lowest BCUT2D eigenvalue weighted by Gasteiger charge is -2.21. The van der Waals surface area contributed by atoms with Crippen LogP contribution in [0.3, 0.4) is 0 Å². The molecule has 0 aromatic heterocycles. The molecule has 1 N–H and O–H groups in total. The van der Waals surface area contributed by atoms with Crippen LogP contribution in [0.25, 0.3) is 11.1 Å². The Balaban J connectivity index is 1.20. The zero-order chi connectivity index (χ0) is 27.4. The second-order valence-corrected chi connectivity index (χ2v) is 9.82. The molecule has 0 bridgehead atoms. The van der Waals surface area contributed by atoms with E-state index in [0.717, 1.165) is 23.3 Å². The van der Waals surface area contributed by atoms with Crippen molar-refractivity contribution in [3.8, 4) is 16.9 Å². The molecule has 2 aliphatic rings. The molecule has 39 heavy (non-hydrogen) atoms. The predicted molar refractivity (Wildman–Crippen MR) is 139 cm³/mol. The molecule has 8 heteroatoms. The maximum atomic E-state index is 13.0. The van der Waals surface area contributed by atoms with E-state index in [1.807, 2.05) is 54.6 Å². The number of fused-ring (bicyclic) bond motifs is 1. The number of carbonyl (C=O) groups is 1. The van der Waals surface area contributed by atoms with Crippen molar-refractivity contribution in [2.45, 2.75) is 43.9 Å². The van der Waals surface area contributed by atoms with Crippen LogP contribution in [0.5, 0.6) is 5.75 Å². The van der Waals surface area contributed by atoms with E-state index in [4.69, 9.17) is 14.2 Å². The Morgan fingerprint density at radius 2 is 1.72 bits per heavy atom. The van der Waals surface area contributed by atoms with Crippen molar-refractivity contribution in [2.24, 2.45) is 11.8 Å². The minimum Gasteiger partial charge on any atom is -0.493 e. The summed E-state index contributed by atoms with van der Waals surface area (Å²) >= 11 is 0. The highest BCUT2D eigenvalue weighted by molar-refractivity contribution is 5.90. The highest BCUT2D eigenvalue weighted by Crippen LogP contribution is 2.45. The number of hydrogen-bond acceptors (Lipinski definition) is 5. The molecule has 3 aromatic rings. The summed E-state index contributed by atoms with van der Waals surface area (Å²) in [6.07, 6.45) is -0.715. The van der Waals surface area contributed by atoms with Crippen molar-refractivity contribution in [3.63, 3.8) is 0 Å². The van der Waals surface area contributed by atoms with E-state index >= 15 is 0 Å². The van der Waals surface area contributed by atoms with Gasteiger partial charge in [0.15, 0.2) is 6.29 Å². The van der Waals surface area contributed by atoms with Crippen molar-refractivity contribution in [1.82, 2.24) is 0 Å². The lowest BCUT2D eigenvalue weighted by Crippen LogP contribution is -2.25. The van der Waals surface area contributed by atoms with Crippen LogP contribution in [0.2, 0.25) is 0 Å². The summed E-state index contributed by atoms with van der Waals surface area (Å²) in [5, 5.41) is 9.98. The van der Waals surface area contributed by atoms with E-state index < -0.39 is 30.1 Å². The third-order valence-electron chi connectivity index (χ3n) is 7.23. The molecule has 0 unspecified atom stereocenters. The monoisotopic (exact) mass is 538 g/mol. The van der Waals surface area contributed by atoms with Gasteiger partial charge < -0.3 is 19.3 Å². The number of carbonyl (C=O) groups excluding carboxylic acids is 1. The summed E-state index contributed by atoms with van der Waals surface area (Å²) in [7, 11) is 0. The smallest absolute Gasteiger partial charge is 0.416 e. The molecular formula is C31H29F3O5. The molecule has 2 fully saturated rings. The second kappa shape index (κ2) is 11.6. The molecule has 3 aromatic carbocycles. The summed E-state index contributed by atoms with van der Waals surface area (Å²) in [4.78, 5) is 13.0. The zero-order valence-corrected chi connectivity index (χ0v) is 21.1. The Morgan fingerprint density at radius 1 is 0.974 bits per heavy atom. The van der Waals surface area contributed by atoms with Crippen molar-refractivity contribution in [1.29, 1.82) is 0 Å². The number of aliphatic hydroxyl groups excluding tert-OH is 1. The molecule has 204 valence electrons. The lowest BCUT2D eigenvalue weighted by molar-refractivity contribution is -0.137. The number of ether oxygens (including phenoxy) is 3. The Labute approximate surface area is 224 Å². The Hall–Kier alpha value is -3.62. The van der Waals surface area contributed by atoms with Gasteiger partial charge in [-0.3, -0.25) is 0 Å². The third kappa shape index (κ3) is 6.52. The van der Waals surface area contributed by atoms with Gasteiger partial charge in [-0.2, -0.15) is 13.2 Å². The molecule has 5 atom stereocenters. The minimum absolute atomic E-state index is 0.00103. The van der Waals surface area contributed by atoms with Crippen molar-refractivity contribution < 1.29 is 37.3 Å². The quantitative estimate of drug-likeness (QED) is 0.197. The van der Waals surface area contributed by atoms with Gasteiger partial charge in [0.05, 0.1) is 23.8 Å². The van der Waals surface area contributed by atoms with E-state index in [-0.39, 0.29) is 30.3 Å². The van der Waals surface area contributed by atoms with Crippen molar-refractivity contribution in [2.75, 3.05) is 6.61 Å². The molecule has 5 nitrogen and oxygen atoms in total. The maximum Gasteiger partial charge on any atom is 0.416 e. The largest absolute Gasteiger partial charge is 0.493 e. The molecule has 0 spiro atoms. The molecular weight excluding hydrogens is 509 g/mol. The topological polar surface area (TPSA) is 65.0 Å². The number of rotatable bonds is 8. The van der Waals surface area contributed by atoms with E-state index in [9.17, 15) is 23.1 Å². The van der Waals surface area contributed by atoms with E-state index in [0.29, 0.717) is 24.8 Å². The number of halogens is 3. The van der Waals surface area contributed by atoms with Crippen molar-refractivity contribution in [3.05, 3.63) is 102 Å². The Bertz CT molecular complexity index is 1290. The highest BCUT2D eigenvalue weighted by Gasteiger charge is 2.49. The van der Waals surface area contributed by atoms with Gasteiger partial charge in [0.2, 0.25) is 0 Å². The third-order valence-corrected chi connectivity index (χ3v) is 7.23. The van der Waals surface area contributed by atoms with Crippen LogP contribution in [0.4, 0.5) is 13.2 Å². The first kappa shape index (κ1) is 27.0. The van der Waals surface area contributed by atoms with Gasteiger partial charge in [-0.25, -0.2) is 4.79 Å². The van der Waals surface area contributed by atoms with Gasteiger partial charge >= 0.3 is 12.1 Å². The first-order chi connectivity index (χ1) is 18.8. The highest BCUT2D eigenvalue weighted by atomic mass is 19.4. The van der Waals surface area contributed by atoms with Gasteiger partial charge in [0, 0.05) is 18.8 Å². The fraction of sp³-hybridized carbons (Fsp3) is 0.323. The summed E-state index contributed by atoms with van der Waals surface area (Å²) < 4.78 is 55.8. The van der Waals surface area contributed by atoms with Crippen LogP contribution in [-0.2, 0) is 15.7 Å². The van der Waals surface area contributed by atoms with Gasteiger partial charge in [-0.15, -0.1) is 0 Å². The van der Waals surface area contributed by atoms with Crippen LogP contribution < -0.4 is 4.74 Å². The first-order valence-electron chi connectivity index (χ1n) is 12.9. The predicted octanol–water partition coefficient (Wildman–Crippen LogP) is 6.67. The average Bonchev–Trinajstić information content (AvgIpc) is 3.44. The molecule has 1 saturated carbocycles. The fourth-order valence-corrected chi connectivity index (χ4v) is 5.33. The molecule has 1 aliphatic carbocycles. The summed E-state index contributed by atoms with van der Waals surface area (Å²) in [6, 6.07) is 21.9. The van der Waals surface area contributed by atoms with E-state index in [1.54, 1.807) is 12.1 Å². The number of benzene rings is 3. The normalized spacial score (nSPS) is 24.6. The zero-order valence-electron chi connectivity index (χ0n) is 21.1. The van der Waals surface area contributed by atoms with E-state index in [2.05, 4.69) is 0 Å². The van der Waals surface area contributed by atoms with Crippen LogP contribution in [0, 0.1) is 11.8 Å². The molecule has 1 heterocycles. The summed E-state index contributed by atoms with van der Waals surface area (Å²) in [5.74, 6) is -0.435. The molecule has 0 radical (unpaired) electrons. The number of alkyl halides is 3. The summed E-state index contributed by atoms with van der Waals surface area (Å²) in [5.41, 5.74) is 1.74. The standard InChI is InChI=1S/C31H29F3O5/c32-31(33,34)23-9-6-10-24(17-23)37-16-5-4-11-25-26-18-29(35)38-28(26)19-27(25)39-30(36)22-14-12-21(13-15-22)20-7-2-1-3-8-20/h1-4,6-15,17,25-29,35H,5,16,18-19H2/b11-4+/t25-,26-,27-,28+,29-/m1/s1. The minimum atomic E-state index is -4.43. The lowest BCUT2D eigenvalue weighted by atomic mass is 9.91. The van der Waals surface area contributed by atoms with Gasteiger partial charge in [-0.05, 0) is 53.8 Å². The van der Waals surface area contributed by atoms with Crippen LogP contribution in [0.15, 0.2) is 91.0 Å². The molecule has 0 amide bonds. The van der Waals surface area contributed by atoms with E-state index in [1.165, 1.54) is 12.1 Å². The fourth-order valence-electron chi connectivity index (χ4n) is 5.33. The molecule has 5 rings (SSSR count). The molecule has 1 saturated heterocycles. The maximum absolute atomic E-state index is 13.0. The van der Waals surface area contributed by atoms with Gasteiger partial charge in [-0.1, -0.05) is 60.7 Å².